The van der Waals surface area contributed by atoms with Gasteiger partial charge < -0.3 is 14.4 Å². The minimum Gasteiger partial charge on any atom is -0.462 e. The van der Waals surface area contributed by atoms with Crippen molar-refractivity contribution in [1.29, 1.82) is 0 Å². The number of ether oxygens (including phenoxy) is 2. The van der Waals surface area contributed by atoms with Crippen LogP contribution < -0.4 is 0 Å². The lowest BCUT2D eigenvalue weighted by Gasteiger charge is -2.16. The Morgan fingerprint density at radius 2 is 2.14 bits per heavy atom. The van der Waals surface area contributed by atoms with Crippen LogP contribution in [0.15, 0.2) is 18.3 Å². The second-order valence-electron chi connectivity index (χ2n) is 5.22. The SMILES string of the molecule is CCOC[C@@H]1CCN(C(=O)c2ccc(C(=O)OCC)cn2)C1. The minimum absolute atomic E-state index is 0.102. The molecule has 6 nitrogen and oxygen atoms in total. The molecule has 1 saturated heterocycles. The summed E-state index contributed by atoms with van der Waals surface area (Å²) in [6, 6.07) is 3.15. The first kappa shape index (κ1) is 16.4. The zero-order valence-corrected chi connectivity index (χ0v) is 13.1. The molecule has 0 saturated carbocycles. The summed E-state index contributed by atoms with van der Waals surface area (Å²) in [6.45, 7) is 6.82. The monoisotopic (exact) mass is 306 g/mol. The lowest BCUT2D eigenvalue weighted by Crippen LogP contribution is -2.30. The molecule has 0 aliphatic carbocycles. The van der Waals surface area contributed by atoms with Gasteiger partial charge in [0.2, 0.25) is 0 Å². The van der Waals surface area contributed by atoms with Crippen molar-refractivity contribution in [2.24, 2.45) is 5.92 Å². The molecule has 1 amide bonds. The van der Waals surface area contributed by atoms with Gasteiger partial charge in [0.05, 0.1) is 18.8 Å². The number of carbonyl (C=O) groups is 2. The molecule has 1 atom stereocenters. The lowest BCUT2D eigenvalue weighted by molar-refractivity contribution is 0.0525. The molecule has 0 bridgehead atoms. The molecule has 2 rings (SSSR count). The van der Waals surface area contributed by atoms with Crippen LogP contribution >= 0.6 is 0 Å². The van der Waals surface area contributed by atoms with Crippen molar-refractivity contribution in [1.82, 2.24) is 9.88 Å². The van der Waals surface area contributed by atoms with Crippen molar-refractivity contribution in [2.45, 2.75) is 20.3 Å². The first-order valence-electron chi connectivity index (χ1n) is 7.65. The van der Waals surface area contributed by atoms with Gasteiger partial charge in [0.15, 0.2) is 0 Å². The van der Waals surface area contributed by atoms with E-state index in [1.165, 1.54) is 6.20 Å². The quantitative estimate of drug-likeness (QED) is 0.749. The molecule has 0 radical (unpaired) electrons. The van der Waals surface area contributed by atoms with Gasteiger partial charge in [0, 0.05) is 31.8 Å². The summed E-state index contributed by atoms with van der Waals surface area (Å²) in [5, 5.41) is 0. The first-order valence-corrected chi connectivity index (χ1v) is 7.65. The van der Waals surface area contributed by atoms with Gasteiger partial charge in [-0.3, -0.25) is 9.78 Å². The number of nitrogens with zero attached hydrogens (tertiary/aromatic N) is 2. The standard InChI is InChI=1S/C16H22N2O4/c1-3-21-11-12-7-8-18(10-12)15(19)14-6-5-13(9-17-14)16(20)22-4-2/h5-6,9,12H,3-4,7-8,10-11H2,1-2H3/t12-/m1/s1. The molecule has 22 heavy (non-hydrogen) atoms. The van der Waals surface area contributed by atoms with E-state index in [0.29, 0.717) is 43.5 Å². The van der Waals surface area contributed by atoms with E-state index in [-0.39, 0.29) is 5.91 Å². The van der Waals surface area contributed by atoms with Gasteiger partial charge in [-0.05, 0) is 32.4 Å². The van der Waals surface area contributed by atoms with Gasteiger partial charge in [0.25, 0.3) is 5.91 Å². The maximum absolute atomic E-state index is 12.4. The molecule has 2 heterocycles. The number of esters is 1. The van der Waals surface area contributed by atoms with Gasteiger partial charge in [-0.1, -0.05) is 0 Å². The highest BCUT2D eigenvalue weighted by molar-refractivity contribution is 5.94. The van der Waals surface area contributed by atoms with Gasteiger partial charge in [-0.15, -0.1) is 0 Å². The van der Waals surface area contributed by atoms with Crippen LogP contribution in [0, 0.1) is 5.92 Å². The average Bonchev–Trinajstić information content (AvgIpc) is 3.01. The molecular weight excluding hydrogens is 284 g/mol. The highest BCUT2D eigenvalue weighted by Gasteiger charge is 2.27. The first-order chi connectivity index (χ1) is 10.7. The van der Waals surface area contributed by atoms with E-state index in [1.54, 1.807) is 24.0 Å². The molecule has 0 aromatic carbocycles. The van der Waals surface area contributed by atoms with Crippen LogP contribution in [0.25, 0.3) is 0 Å². The van der Waals surface area contributed by atoms with E-state index in [9.17, 15) is 9.59 Å². The van der Waals surface area contributed by atoms with Crippen LogP contribution in [0.5, 0.6) is 0 Å². The number of amides is 1. The molecule has 1 fully saturated rings. The smallest absolute Gasteiger partial charge is 0.339 e. The van der Waals surface area contributed by atoms with Crippen LogP contribution in [-0.2, 0) is 9.47 Å². The predicted molar refractivity (Wildman–Crippen MR) is 80.7 cm³/mol. The van der Waals surface area contributed by atoms with Crippen LogP contribution in [0.1, 0.15) is 41.1 Å². The maximum Gasteiger partial charge on any atom is 0.339 e. The Morgan fingerprint density at radius 1 is 1.32 bits per heavy atom. The van der Waals surface area contributed by atoms with Gasteiger partial charge in [0.1, 0.15) is 5.69 Å². The molecule has 0 spiro atoms. The molecule has 1 aliphatic rings. The number of carbonyl (C=O) groups excluding carboxylic acids is 2. The van der Waals surface area contributed by atoms with E-state index < -0.39 is 5.97 Å². The third-order valence-electron chi connectivity index (χ3n) is 3.62. The molecule has 0 N–H and O–H groups in total. The number of likely N-dealkylation sites (tertiary alicyclic amines) is 1. The van der Waals surface area contributed by atoms with Crippen LogP contribution in [0.2, 0.25) is 0 Å². The van der Waals surface area contributed by atoms with Crippen molar-refractivity contribution in [3.63, 3.8) is 0 Å². The fourth-order valence-electron chi connectivity index (χ4n) is 2.46. The normalized spacial score (nSPS) is 17.5. The van der Waals surface area contributed by atoms with E-state index in [2.05, 4.69) is 4.98 Å². The zero-order chi connectivity index (χ0) is 15.9. The third kappa shape index (κ3) is 4.04. The maximum atomic E-state index is 12.4. The minimum atomic E-state index is -0.424. The Labute approximate surface area is 130 Å². The van der Waals surface area contributed by atoms with E-state index in [4.69, 9.17) is 9.47 Å². The van der Waals surface area contributed by atoms with E-state index in [0.717, 1.165) is 13.0 Å². The lowest BCUT2D eigenvalue weighted by atomic mass is 10.1. The number of pyridine rings is 1. The van der Waals surface area contributed by atoms with Gasteiger partial charge in [-0.25, -0.2) is 4.79 Å². The van der Waals surface area contributed by atoms with Crippen molar-refractivity contribution < 1.29 is 19.1 Å². The van der Waals surface area contributed by atoms with Crippen molar-refractivity contribution in [3.8, 4) is 0 Å². The van der Waals surface area contributed by atoms with Crippen molar-refractivity contribution >= 4 is 11.9 Å². The van der Waals surface area contributed by atoms with Crippen LogP contribution in [0.4, 0.5) is 0 Å². The van der Waals surface area contributed by atoms with E-state index >= 15 is 0 Å². The number of hydrogen-bond donors (Lipinski definition) is 0. The topological polar surface area (TPSA) is 68.7 Å². The molecule has 0 unspecified atom stereocenters. The Kier molecular flexibility index (Phi) is 5.89. The van der Waals surface area contributed by atoms with Crippen molar-refractivity contribution in [3.05, 3.63) is 29.6 Å². The number of rotatable bonds is 6. The highest BCUT2D eigenvalue weighted by Crippen LogP contribution is 2.18. The molecule has 1 aromatic heterocycles. The third-order valence-corrected chi connectivity index (χ3v) is 3.62. The van der Waals surface area contributed by atoms with Gasteiger partial charge >= 0.3 is 5.97 Å². The summed E-state index contributed by atoms with van der Waals surface area (Å²) in [7, 11) is 0. The fourth-order valence-corrected chi connectivity index (χ4v) is 2.46. The summed E-state index contributed by atoms with van der Waals surface area (Å²) in [5.41, 5.74) is 0.708. The van der Waals surface area contributed by atoms with Crippen LogP contribution in [-0.4, -0.2) is 54.7 Å². The average molecular weight is 306 g/mol. The molecule has 6 heteroatoms. The summed E-state index contributed by atoms with van der Waals surface area (Å²) in [5.74, 6) is -0.135. The largest absolute Gasteiger partial charge is 0.462 e. The van der Waals surface area contributed by atoms with Crippen LogP contribution in [0.3, 0.4) is 0 Å². The number of aromatic nitrogens is 1. The molecule has 1 aromatic rings. The summed E-state index contributed by atoms with van der Waals surface area (Å²) < 4.78 is 10.3. The summed E-state index contributed by atoms with van der Waals surface area (Å²) >= 11 is 0. The summed E-state index contributed by atoms with van der Waals surface area (Å²) in [4.78, 5) is 29.8. The summed E-state index contributed by atoms with van der Waals surface area (Å²) in [6.07, 6.45) is 2.34. The Balaban J connectivity index is 1.94. The second-order valence-corrected chi connectivity index (χ2v) is 5.22. The van der Waals surface area contributed by atoms with E-state index in [1.807, 2.05) is 6.92 Å². The predicted octanol–water partition coefficient (Wildman–Crippen LogP) is 1.76. The molecule has 1 aliphatic heterocycles. The van der Waals surface area contributed by atoms with Gasteiger partial charge in [-0.2, -0.15) is 0 Å². The Bertz CT molecular complexity index is 515. The number of hydrogen-bond acceptors (Lipinski definition) is 5. The zero-order valence-electron chi connectivity index (χ0n) is 13.1. The Hall–Kier alpha value is -1.95. The molecular formula is C16H22N2O4. The second kappa shape index (κ2) is 7.89. The highest BCUT2D eigenvalue weighted by atomic mass is 16.5. The molecule has 120 valence electrons. The Morgan fingerprint density at radius 3 is 2.77 bits per heavy atom. The van der Waals surface area contributed by atoms with Crippen molar-refractivity contribution in [2.75, 3.05) is 32.9 Å². The fraction of sp³-hybridized carbons (Fsp3) is 0.562.